The van der Waals surface area contributed by atoms with Crippen LogP contribution in [0.1, 0.15) is 11.1 Å². The number of aromatic nitrogens is 3. The van der Waals surface area contributed by atoms with E-state index in [1.54, 1.807) is 24.3 Å². The van der Waals surface area contributed by atoms with Crippen LogP contribution in [0.3, 0.4) is 0 Å². The first-order valence-electron chi connectivity index (χ1n) is 8.57. The molecule has 3 rings (SSSR count). The molecular weight excluding hydrogens is 459 g/mol. The van der Waals surface area contributed by atoms with E-state index in [0.29, 0.717) is 17.4 Å². The first-order chi connectivity index (χ1) is 14.5. The van der Waals surface area contributed by atoms with Gasteiger partial charge in [-0.25, -0.2) is 13.4 Å². The largest absolute Gasteiger partial charge is 0.417 e. The Morgan fingerprint density at radius 3 is 2.42 bits per heavy atom. The third-order valence-electron chi connectivity index (χ3n) is 3.99. The molecule has 0 fully saturated rings. The highest BCUT2D eigenvalue weighted by atomic mass is 35.5. The van der Waals surface area contributed by atoms with E-state index < -0.39 is 27.3 Å². The zero-order valence-electron chi connectivity index (χ0n) is 15.8. The van der Waals surface area contributed by atoms with E-state index >= 15 is 0 Å². The van der Waals surface area contributed by atoms with Gasteiger partial charge in [0.2, 0.25) is 10.0 Å². The SMILES string of the molecule is CS(=O)(=O)Nc1ccccc1CNc1cnn(-c2ccc(C(F)(F)F)cn2)c(=O)c1Cl. The summed E-state index contributed by atoms with van der Waals surface area (Å²) in [7, 11) is -3.49. The van der Waals surface area contributed by atoms with Gasteiger partial charge in [0, 0.05) is 12.7 Å². The van der Waals surface area contributed by atoms with Crippen molar-refractivity contribution >= 4 is 33.0 Å². The van der Waals surface area contributed by atoms with Gasteiger partial charge in [0.1, 0.15) is 5.02 Å². The second kappa shape index (κ2) is 8.55. The first-order valence-corrected chi connectivity index (χ1v) is 10.8. The van der Waals surface area contributed by atoms with Crippen LogP contribution in [0.25, 0.3) is 5.82 Å². The number of benzene rings is 1. The maximum absolute atomic E-state index is 12.7. The summed E-state index contributed by atoms with van der Waals surface area (Å²) in [5.41, 5.74) is -0.665. The molecule has 2 N–H and O–H groups in total. The smallest absolute Gasteiger partial charge is 0.378 e. The standard InChI is InChI=1S/C18H15ClF3N5O3S/c1-31(29,30)26-13-5-3-2-4-11(13)8-23-14-10-25-27(17(28)16(14)19)15-7-6-12(9-24-15)18(20,21)22/h2-7,9-10,23,26H,8H2,1H3. The summed E-state index contributed by atoms with van der Waals surface area (Å²) in [6.07, 6.45) is -1.73. The first kappa shape index (κ1) is 22.6. The third-order valence-corrected chi connectivity index (χ3v) is 4.95. The molecule has 0 bridgehead atoms. The van der Waals surface area contributed by atoms with Crippen LogP contribution < -0.4 is 15.6 Å². The van der Waals surface area contributed by atoms with Gasteiger partial charge in [0.05, 0.1) is 29.4 Å². The van der Waals surface area contributed by atoms with Crippen molar-refractivity contribution in [1.82, 2.24) is 14.8 Å². The second-order valence-corrected chi connectivity index (χ2v) is 8.50. The number of nitrogens with zero attached hydrogens (tertiary/aromatic N) is 3. The lowest BCUT2D eigenvalue weighted by atomic mass is 10.2. The van der Waals surface area contributed by atoms with Crippen LogP contribution in [0.15, 0.2) is 53.6 Å². The predicted molar refractivity (Wildman–Crippen MR) is 110 cm³/mol. The van der Waals surface area contributed by atoms with Crippen LogP contribution in [0.2, 0.25) is 5.02 Å². The number of halogens is 4. The van der Waals surface area contributed by atoms with Gasteiger partial charge in [-0.2, -0.15) is 23.0 Å². The molecule has 0 unspecified atom stereocenters. The molecule has 164 valence electrons. The van der Waals surface area contributed by atoms with Crippen LogP contribution in [0, 0.1) is 0 Å². The van der Waals surface area contributed by atoms with Crippen molar-refractivity contribution in [1.29, 1.82) is 0 Å². The van der Waals surface area contributed by atoms with Gasteiger partial charge in [-0.15, -0.1) is 0 Å². The van der Waals surface area contributed by atoms with Crippen molar-refractivity contribution in [3.05, 3.63) is 75.3 Å². The molecule has 13 heteroatoms. The van der Waals surface area contributed by atoms with E-state index in [1.165, 1.54) is 6.20 Å². The number of rotatable bonds is 6. The molecule has 8 nitrogen and oxygen atoms in total. The Morgan fingerprint density at radius 2 is 1.81 bits per heavy atom. The Labute approximate surface area is 179 Å². The Balaban J connectivity index is 1.83. The molecule has 0 atom stereocenters. The molecular formula is C18H15ClF3N5O3S. The van der Waals surface area contributed by atoms with Gasteiger partial charge in [-0.05, 0) is 23.8 Å². The van der Waals surface area contributed by atoms with E-state index in [9.17, 15) is 26.4 Å². The van der Waals surface area contributed by atoms with Crippen molar-refractivity contribution in [3.8, 4) is 5.82 Å². The highest BCUT2D eigenvalue weighted by Crippen LogP contribution is 2.28. The van der Waals surface area contributed by atoms with E-state index in [-0.39, 0.29) is 23.1 Å². The fraction of sp³-hybridized carbons (Fsp3) is 0.167. The fourth-order valence-electron chi connectivity index (χ4n) is 2.56. The Kier molecular flexibility index (Phi) is 6.23. The predicted octanol–water partition coefficient (Wildman–Crippen LogP) is 3.28. The van der Waals surface area contributed by atoms with Gasteiger partial charge >= 0.3 is 6.18 Å². The van der Waals surface area contributed by atoms with Crippen molar-refractivity contribution in [2.75, 3.05) is 16.3 Å². The van der Waals surface area contributed by atoms with Gasteiger partial charge in [-0.1, -0.05) is 29.8 Å². The molecule has 0 saturated heterocycles. The van der Waals surface area contributed by atoms with Crippen LogP contribution in [0.5, 0.6) is 0 Å². The summed E-state index contributed by atoms with van der Waals surface area (Å²) in [4.78, 5) is 16.1. The summed E-state index contributed by atoms with van der Waals surface area (Å²) in [6.45, 7) is 0.113. The lowest BCUT2D eigenvalue weighted by Gasteiger charge is -2.13. The van der Waals surface area contributed by atoms with Crippen molar-refractivity contribution < 1.29 is 21.6 Å². The zero-order valence-corrected chi connectivity index (χ0v) is 17.4. The second-order valence-electron chi connectivity index (χ2n) is 6.38. The highest BCUT2D eigenvalue weighted by Gasteiger charge is 2.30. The molecule has 2 heterocycles. The monoisotopic (exact) mass is 473 g/mol. The number of sulfonamides is 1. The Hall–Kier alpha value is -3.12. The van der Waals surface area contributed by atoms with Gasteiger partial charge in [-0.3, -0.25) is 9.52 Å². The molecule has 0 spiro atoms. The number of hydrogen-bond donors (Lipinski definition) is 2. The fourth-order valence-corrected chi connectivity index (χ4v) is 3.36. The number of hydrogen-bond acceptors (Lipinski definition) is 6. The van der Waals surface area contributed by atoms with Gasteiger partial charge in [0.25, 0.3) is 5.56 Å². The van der Waals surface area contributed by atoms with Gasteiger partial charge < -0.3 is 5.32 Å². The topological polar surface area (TPSA) is 106 Å². The molecule has 2 aromatic heterocycles. The molecule has 1 aromatic carbocycles. The molecule has 0 aliphatic heterocycles. The maximum atomic E-state index is 12.7. The molecule has 0 aliphatic carbocycles. The highest BCUT2D eigenvalue weighted by molar-refractivity contribution is 7.92. The van der Waals surface area contributed by atoms with E-state index in [0.717, 1.165) is 23.1 Å². The van der Waals surface area contributed by atoms with Crippen LogP contribution >= 0.6 is 11.6 Å². The van der Waals surface area contributed by atoms with Crippen LogP contribution in [-0.4, -0.2) is 29.4 Å². The molecule has 31 heavy (non-hydrogen) atoms. The Morgan fingerprint density at radius 1 is 1.10 bits per heavy atom. The number of nitrogens with one attached hydrogen (secondary N) is 2. The minimum atomic E-state index is -4.56. The van der Waals surface area contributed by atoms with Crippen molar-refractivity contribution in [2.24, 2.45) is 0 Å². The third kappa shape index (κ3) is 5.52. The number of anilines is 2. The van der Waals surface area contributed by atoms with Crippen molar-refractivity contribution in [2.45, 2.75) is 12.7 Å². The van der Waals surface area contributed by atoms with E-state index in [4.69, 9.17) is 11.6 Å². The molecule has 0 aliphatic rings. The summed E-state index contributed by atoms with van der Waals surface area (Å²) >= 11 is 6.11. The molecule has 0 saturated carbocycles. The van der Waals surface area contributed by atoms with E-state index in [2.05, 4.69) is 20.1 Å². The zero-order chi connectivity index (χ0) is 22.8. The summed E-state index contributed by atoms with van der Waals surface area (Å²) in [5, 5.41) is 6.53. The normalized spacial score (nSPS) is 11.9. The number of pyridine rings is 1. The lowest BCUT2D eigenvalue weighted by Crippen LogP contribution is -2.24. The minimum Gasteiger partial charge on any atom is -0.378 e. The maximum Gasteiger partial charge on any atom is 0.417 e. The van der Waals surface area contributed by atoms with Crippen LogP contribution in [0.4, 0.5) is 24.5 Å². The lowest BCUT2D eigenvalue weighted by molar-refractivity contribution is -0.137. The minimum absolute atomic E-state index is 0.113. The van der Waals surface area contributed by atoms with Crippen LogP contribution in [-0.2, 0) is 22.7 Å². The Bertz CT molecular complexity index is 1260. The number of alkyl halides is 3. The number of para-hydroxylation sites is 1. The molecule has 3 aromatic rings. The van der Waals surface area contributed by atoms with Gasteiger partial charge in [0.15, 0.2) is 5.82 Å². The average molecular weight is 474 g/mol. The molecule has 0 radical (unpaired) electrons. The van der Waals surface area contributed by atoms with E-state index in [1.807, 2.05) is 0 Å². The summed E-state index contributed by atoms with van der Waals surface area (Å²) in [5.74, 6) is -0.130. The summed E-state index contributed by atoms with van der Waals surface area (Å²) < 4.78 is 64.2. The quantitative estimate of drug-likeness (QED) is 0.569. The van der Waals surface area contributed by atoms with Crippen molar-refractivity contribution in [3.63, 3.8) is 0 Å². The molecule has 0 amide bonds. The average Bonchev–Trinajstić information content (AvgIpc) is 2.68. The summed E-state index contributed by atoms with van der Waals surface area (Å²) in [6, 6.07) is 8.40.